The van der Waals surface area contributed by atoms with Crippen LogP contribution in [0.3, 0.4) is 0 Å². The Morgan fingerprint density at radius 2 is 2.21 bits per heavy atom. The molecule has 2 rings (SSSR count). The fourth-order valence-electron chi connectivity index (χ4n) is 2.27. The van der Waals surface area contributed by atoms with Crippen LogP contribution < -0.4 is 10.1 Å². The Bertz CT molecular complexity index is 834. The Morgan fingerprint density at radius 3 is 2.89 bits per heavy atom. The highest BCUT2D eigenvalue weighted by Crippen LogP contribution is 2.33. The molecule has 1 heterocycles. The summed E-state index contributed by atoms with van der Waals surface area (Å²) in [6, 6.07) is 4.92. The van der Waals surface area contributed by atoms with Crippen molar-refractivity contribution in [3.63, 3.8) is 0 Å². The highest BCUT2D eigenvalue weighted by molar-refractivity contribution is 8.18. The van der Waals surface area contributed by atoms with Gasteiger partial charge in [0.15, 0.2) is 0 Å². The van der Waals surface area contributed by atoms with Crippen LogP contribution >= 0.6 is 23.4 Å². The van der Waals surface area contributed by atoms with E-state index in [1.165, 1.54) is 6.08 Å². The van der Waals surface area contributed by atoms with Crippen molar-refractivity contribution in [3.8, 4) is 18.1 Å². The maximum atomic E-state index is 12.5. The molecule has 3 amide bonds. The minimum absolute atomic E-state index is 0.0888. The van der Waals surface area contributed by atoms with Gasteiger partial charge in [0.25, 0.3) is 11.1 Å². The van der Waals surface area contributed by atoms with Crippen molar-refractivity contribution in [1.29, 1.82) is 0 Å². The van der Waals surface area contributed by atoms with Gasteiger partial charge in [-0.25, -0.2) is 0 Å². The Morgan fingerprint density at radius 1 is 1.43 bits per heavy atom. The van der Waals surface area contributed by atoms with Crippen molar-refractivity contribution in [2.24, 2.45) is 0 Å². The molecule has 0 saturated carbocycles. The fourth-order valence-corrected chi connectivity index (χ4v) is 3.36. The number of rotatable bonds is 9. The van der Waals surface area contributed by atoms with Gasteiger partial charge in [-0.1, -0.05) is 23.6 Å². The van der Waals surface area contributed by atoms with Gasteiger partial charge >= 0.3 is 0 Å². The van der Waals surface area contributed by atoms with Gasteiger partial charge in [-0.3, -0.25) is 19.3 Å². The molecule has 1 aromatic rings. The molecule has 9 heteroatoms. The summed E-state index contributed by atoms with van der Waals surface area (Å²) in [7, 11) is 1.57. The first-order chi connectivity index (χ1) is 13.5. The number of amides is 3. The second kappa shape index (κ2) is 10.8. The molecule has 0 aromatic heterocycles. The van der Waals surface area contributed by atoms with Gasteiger partial charge in [-0.2, -0.15) is 0 Å². The number of methoxy groups -OCH3 is 1. The van der Waals surface area contributed by atoms with Crippen LogP contribution in [-0.2, 0) is 14.3 Å². The van der Waals surface area contributed by atoms with Crippen LogP contribution in [-0.4, -0.2) is 55.4 Å². The third kappa shape index (κ3) is 6.02. The molecule has 1 saturated heterocycles. The quantitative estimate of drug-likeness (QED) is 0.374. The van der Waals surface area contributed by atoms with Crippen molar-refractivity contribution in [2.75, 3.05) is 33.4 Å². The molecule has 0 aliphatic carbocycles. The van der Waals surface area contributed by atoms with E-state index >= 15 is 0 Å². The van der Waals surface area contributed by atoms with Gasteiger partial charge in [0.05, 0.1) is 9.93 Å². The molecule has 7 nitrogen and oxygen atoms in total. The number of hydrogen-bond acceptors (Lipinski definition) is 6. The summed E-state index contributed by atoms with van der Waals surface area (Å²) in [5, 5.41) is 2.48. The highest BCUT2D eigenvalue weighted by atomic mass is 35.5. The number of carbonyl (C=O) groups excluding carboxylic acids is 3. The second-order valence-electron chi connectivity index (χ2n) is 5.65. The molecule has 1 N–H and O–H groups in total. The molecule has 0 bridgehead atoms. The molecule has 0 radical (unpaired) electrons. The lowest BCUT2D eigenvalue weighted by molar-refractivity contribution is -0.129. The summed E-state index contributed by atoms with van der Waals surface area (Å²) in [6.07, 6.45) is 7.33. The second-order valence-corrected chi connectivity index (χ2v) is 7.05. The van der Waals surface area contributed by atoms with Crippen molar-refractivity contribution in [3.05, 3.63) is 33.7 Å². The monoisotopic (exact) mass is 422 g/mol. The lowest BCUT2D eigenvalue weighted by Crippen LogP contribution is -2.39. The van der Waals surface area contributed by atoms with Gasteiger partial charge in [-0.05, 0) is 42.0 Å². The summed E-state index contributed by atoms with van der Waals surface area (Å²) >= 11 is 6.90. The molecular formula is C19H19ClN2O5S. The third-order valence-electron chi connectivity index (χ3n) is 3.59. The highest BCUT2D eigenvalue weighted by Gasteiger charge is 2.36. The zero-order valence-electron chi connectivity index (χ0n) is 15.2. The zero-order valence-corrected chi connectivity index (χ0v) is 16.8. The number of carbonyl (C=O) groups is 3. The van der Waals surface area contributed by atoms with Gasteiger partial charge in [0, 0.05) is 20.3 Å². The Hall–Kier alpha value is -2.47. The minimum atomic E-state index is -0.522. The van der Waals surface area contributed by atoms with Crippen molar-refractivity contribution >= 4 is 46.5 Å². The van der Waals surface area contributed by atoms with E-state index < -0.39 is 17.1 Å². The Balaban J connectivity index is 2.01. The average molecular weight is 423 g/mol. The Kier molecular flexibility index (Phi) is 8.39. The summed E-state index contributed by atoms with van der Waals surface area (Å²) < 4.78 is 10.2. The summed E-state index contributed by atoms with van der Waals surface area (Å²) in [6.45, 7) is 0.686. The summed E-state index contributed by atoms with van der Waals surface area (Å²) in [5.74, 6) is 1.84. The van der Waals surface area contributed by atoms with Gasteiger partial charge < -0.3 is 14.8 Å². The van der Waals surface area contributed by atoms with Crippen molar-refractivity contribution < 1.29 is 23.9 Å². The Labute approximate surface area is 172 Å². The smallest absolute Gasteiger partial charge is 0.294 e. The lowest BCUT2D eigenvalue weighted by atomic mass is 10.2. The predicted molar refractivity (Wildman–Crippen MR) is 108 cm³/mol. The summed E-state index contributed by atoms with van der Waals surface area (Å²) in [4.78, 5) is 37.6. The molecular weight excluding hydrogens is 404 g/mol. The van der Waals surface area contributed by atoms with Crippen LogP contribution in [0.5, 0.6) is 5.75 Å². The molecule has 1 aliphatic heterocycles. The molecule has 1 aliphatic rings. The number of terminal acetylenes is 1. The third-order valence-corrected chi connectivity index (χ3v) is 4.79. The average Bonchev–Trinajstić information content (AvgIpc) is 2.92. The van der Waals surface area contributed by atoms with Crippen LogP contribution in [0, 0.1) is 12.3 Å². The molecule has 0 spiro atoms. The molecule has 148 valence electrons. The van der Waals surface area contributed by atoms with E-state index in [2.05, 4.69) is 11.2 Å². The van der Waals surface area contributed by atoms with E-state index in [9.17, 15) is 14.4 Å². The number of nitrogens with zero attached hydrogens (tertiary/aromatic N) is 1. The molecule has 1 aromatic carbocycles. The molecule has 1 fully saturated rings. The first-order valence-electron chi connectivity index (χ1n) is 8.33. The van der Waals surface area contributed by atoms with Gasteiger partial charge in [0.1, 0.15) is 18.9 Å². The lowest BCUT2D eigenvalue weighted by Gasteiger charge is -2.12. The maximum Gasteiger partial charge on any atom is 0.294 e. The van der Waals surface area contributed by atoms with Crippen LogP contribution in [0.25, 0.3) is 6.08 Å². The summed E-state index contributed by atoms with van der Waals surface area (Å²) in [5.41, 5.74) is 0.618. The maximum absolute atomic E-state index is 12.5. The van der Waals surface area contributed by atoms with E-state index in [0.29, 0.717) is 35.9 Å². The van der Waals surface area contributed by atoms with E-state index in [0.717, 1.165) is 16.7 Å². The standard InChI is InChI=1S/C19H19ClN2O5S/c1-3-8-27-15-6-5-13(10-14(15)20)11-16-18(24)22(19(25)28-16)12-17(23)21-7-4-9-26-2/h1,5-6,10-11H,4,7-9,12H2,2H3,(H,21,23)/b16-11-. The number of imide groups is 1. The molecule has 28 heavy (non-hydrogen) atoms. The SMILES string of the molecule is C#CCOc1ccc(/C=C2\SC(=O)N(CC(=O)NCCCOC)C2=O)cc1Cl. The number of thioether (sulfide) groups is 1. The topological polar surface area (TPSA) is 84.9 Å². The van der Waals surface area contributed by atoms with E-state index in [4.69, 9.17) is 27.5 Å². The number of ether oxygens (including phenoxy) is 2. The normalized spacial score (nSPS) is 15.0. The first kappa shape index (κ1) is 21.8. The van der Waals surface area contributed by atoms with Crippen molar-refractivity contribution in [1.82, 2.24) is 10.2 Å². The number of halogens is 1. The predicted octanol–water partition coefficient (Wildman–Crippen LogP) is 2.54. The largest absolute Gasteiger partial charge is 0.479 e. The number of benzene rings is 1. The number of nitrogens with one attached hydrogen (secondary N) is 1. The van der Waals surface area contributed by atoms with Crippen LogP contribution in [0.2, 0.25) is 5.02 Å². The first-order valence-corrected chi connectivity index (χ1v) is 9.52. The minimum Gasteiger partial charge on any atom is -0.479 e. The van der Waals surface area contributed by atoms with Crippen LogP contribution in [0.15, 0.2) is 23.1 Å². The van der Waals surface area contributed by atoms with Gasteiger partial charge in [0.2, 0.25) is 5.91 Å². The van der Waals surface area contributed by atoms with Crippen LogP contribution in [0.1, 0.15) is 12.0 Å². The zero-order chi connectivity index (χ0) is 20.5. The van der Waals surface area contributed by atoms with Crippen molar-refractivity contribution in [2.45, 2.75) is 6.42 Å². The molecule has 0 atom stereocenters. The number of hydrogen-bond donors (Lipinski definition) is 1. The fraction of sp³-hybridized carbons (Fsp3) is 0.316. The van der Waals surface area contributed by atoms with Gasteiger partial charge in [-0.15, -0.1) is 6.42 Å². The van der Waals surface area contributed by atoms with E-state index in [1.807, 2.05) is 0 Å². The molecule has 0 unspecified atom stereocenters. The van der Waals surface area contributed by atoms with E-state index in [-0.39, 0.29) is 18.1 Å². The van der Waals surface area contributed by atoms with E-state index in [1.54, 1.807) is 25.3 Å². The van der Waals surface area contributed by atoms with Crippen LogP contribution in [0.4, 0.5) is 4.79 Å².